The van der Waals surface area contributed by atoms with Crippen molar-refractivity contribution in [3.63, 3.8) is 0 Å². The van der Waals surface area contributed by atoms with Crippen molar-refractivity contribution in [2.75, 3.05) is 13.1 Å². The Kier molecular flexibility index (Phi) is 6.89. The van der Waals surface area contributed by atoms with Crippen LogP contribution in [0.3, 0.4) is 0 Å². The molecule has 0 aromatic heterocycles. The second-order valence-electron chi connectivity index (χ2n) is 5.03. The van der Waals surface area contributed by atoms with E-state index in [1.54, 1.807) is 6.92 Å². The van der Waals surface area contributed by atoms with Crippen LogP contribution in [-0.4, -0.2) is 42.1 Å². The second kappa shape index (κ2) is 7.60. The lowest BCUT2D eigenvalue weighted by atomic mass is 9.94. The molecule has 0 fully saturated rings. The molecule has 19 heavy (non-hydrogen) atoms. The molecule has 0 aliphatic heterocycles. The SMILES string of the molecule is CCCNC(=O)C(C)NC(=O)NCC(C)(C)C(=O)O. The molecule has 1 unspecified atom stereocenters. The van der Waals surface area contributed by atoms with Gasteiger partial charge in [0.2, 0.25) is 5.91 Å². The fourth-order valence-corrected chi connectivity index (χ4v) is 1.09. The van der Waals surface area contributed by atoms with Gasteiger partial charge in [0, 0.05) is 13.1 Å². The van der Waals surface area contributed by atoms with Gasteiger partial charge in [-0.2, -0.15) is 0 Å². The van der Waals surface area contributed by atoms with Gasteiger partial charge in [0.05, 0.1) is 5.41 Å². The highest BCUT2D eigenvalue weighted by atomic mass is 16.4. The number of carboxylic acids is 1. The third-order valence-electron chi connectivity index (χ3n) is 2.56. The maximum absolute atomic E-state index is 11.5. The number of rotatable bonds is 7. The predicted molar refractivity (Wildman–Crippen MR) is 70.7 cm³/mol. The van der Waals surface area contributed by atoms with Crippen LogP contribution in [0.15, 0.2) is 0 Å². The second-order valence-corrected chi connectivity index (χ2v) is 5.03. The molecule has 7 nitrogen and oxygen atoms in total. The van der Waals surface area contributed by atoms with Crippen molar-refractivity contribution in [2.45, 2.75) is 40.2 Å². The first-order valence-corrected chi connectivity index (χ1v) is 6.26. The molecule has 0 aromatic rings. The zero-order chi connectivity index (χ0) is 15.1. The highest BCUT2D eigenvalue weighted by molar-refractivity contribution is 5.86. The Hall–Kier alpha value is -1.79. The van der Waals surface area contributed by atoms with E-state index in [0.717, 1.165) is 6.42 Å². The highest BCUT2D eigenvalue weighted by Crippen LogP contribution is 2.12. The summed E-state index contributed by atoms with van der Waals surface area (Å²) in [6.45, 7) is 7.04. The summed E-state index contributed by atoms with van der Waals surface area (Å²) in [5.74, 6) is -1.27. The molecule has 1 atom stereocenters. The molecule has 110 valence electrons. The molecule has 0 aromatic carbocycles. The van der Waals surface area contributed by atoms with Crippen LogP contribution in [0.4, 0.5) is 4.79 Å². The zero-order valence-corrected chi connectivity index (χ0v) is 11.9. The fraction of sp³-hybridized carbons (Fsp3) is 0.750. The van der Waals surface area contributed by atoms with E-state index in [1.165, 1.54) is 13.8 Å². The lowest BCUT2D eigenvalue weighted by Crippen LogP contribution is -2.50. The molecule has 0 aliphatic rings. The van der Waals surface area contributed by atoms with Gasteiger partial charge < -0.3 is 21.1 Å². The number of carbonyl (C=O) groups excluding carboxylic acids is 2. The third-order valence-corrected chi connectivity index (χ3v) is 2.56. The van der Waals surface area contributed by atoms with Gasteiger partial charge in [-0.1, -0.05) is 6.92 Å². The van der Waals surface area contributed by atoms with E-state index in [2.05, 4.69) is 16.0 Å². The number of urea groups is 1. The van der Waals surface area contributed by atoms with Gasteiger partial charge >= 0.3 is 12.0 Å². The number of hydrogen-bond donors (Lipinski definition) is 4. The molecule has 7 heteroatoms. The van der Waals surface area contributed by atoms with Gasteiger partial charge in [-0.3, -0.25) is 9.59 Å². The van der Waals surface area contributed by atoms with Gasteiger partial charge in [0.1, 0.15) is 6.04 Å². The van der Waals surface area contributed by atoms with Crippen LogP contribution in [0.1, 0.15) is 34.1 Å². The zero-order valence-electron chi connectivity index (χ0n) is 11.9. The summed E-state index contributed by atoms with van der Waals surface area (Å²) >= 11 is 0. The van der Waals surface area contributed by atoms with Gasteiger partial charge in [-0.05, 0) is 27.2 Å². The van der Waals surface area contributed by atoms with E-state index in [0.29, 0.717) is 6.54 Å². The topological polar surface area (TPSA) is 108 Å². The highest BCUT2D eigenvalue weighted by Gasteiger charge is 2.27. The predicted octanol–water partition coefficient (Wildman–Crippen LogP) is 0.311. The Bertz CT molecular complexity index is 342. The minimum absolute atomic E-state index is 0.0164. The van der Waals surface area contributed by atoms with Gasteiger partial charge in [-0.15, -0.1) is 0 Å². The largest absolute Gasteiger partial charge is 0.481 e. The Morgan fingerprint density at radius 2 is 1.79 bits per heavy atom. The molecule has 0 rings (SSSR count). The van der Waals surface area contributed by atoms with E-state index in [1.807, 2.05) is 6.92 Å². The Labute approximate surface area is 113 Å². The van der Waals surface area contributed by atoms with E-state index in [-0.39, 0.29) is 12.5 Å². The van der Waals surface area contributed by atoms with Crippen LogP contribution in [0, 0.1) is 5.41 Å². The molecule has 0 radical (unpaired) electrons. The molecular formula is C12H23N3O4. The summed E-state index contributed by atoms with van der Waals surface area (Å²) in [6.07, 6.45) is 0.817. The molecule has 0 saturated heterocycles. The lowest BCUT2D eigenvalue weighted by molar-refractivity contribution is -0.146. The number of nitrogens with one attached hydrogen (secondary N) is 3. The minimum atomic E-state index is -1.05. The summed E-state index contributed by atoms with van der Waals surface area (Å²) < 4.78 is 0. The van der Waals surface area contributed by atoms with Crippen molar-refractivity contribution >= 4 is 17.9 Å². The molecule has 4 N–H and O–H groups in total. The first-order valence-electron chi connectivity index (χ1n) is 6.26. The lowest BCUT2D eigenvalue weighted by Gasteiger charge is -2.20. The number of carboxylic acid groups (broad SMARTS) is 1. The molecule has 3 amide bonds. The van der Waals surface area contributed by atoms with Crippen LogP contribution >= 0.6 is 0 Å². The number of aliphatic carboxylic acids is 1. The third kappa shape index (κ3) is 6.64. The standard InChI is InChI=1S/C12H23N3O4/c1-5-6-13-9(16)8(2)15-11(19)14-7-12(3,4)10(17)18/h8H,5-7H2,1-4H3,(H,13,16)(H,17,18)(H2,14,15,19). The van der Waals surface area contributed by atoms with Gasteiger partial charge in [0.15, 0.2) is 0 Å². The average molecular weight is 273 g/mol. The number of amides is 3. The summed E-state index contributed by atoms with van der Waals surface area (Å²) in [4.78, 5) is 33.9. The number of hydrogen-bond acceptors (Lipinski definition) is 3. The van der Waals surface area contributed by atoms with Crippen LogP contribution in [-0.2, 0) is 9.59 Å². The van der Waals surface area contributed by atoms with Crippen LogP contribution in [0.25, 0.3) is 0 Å². The first kappa shape index (κ1) is 17.2. The minimum Gasteiger partial charge on any atom is -0.481 e. The summed E-state index contributed by atoms with van der Waals surface area (Å²) in [5, 5.41) is 16.4. The maximum atomic E-state index is 11.5. The Balaban J connectivity index is 4.11. The molecule has 0 heterocycles. The summed E-state index contributed by atoms with van der Waals surface area (Å²) in [5.41, 5.74) is -1.05. The first-order chi connectivity index (χ1) is 8.70. The fourth-order valence-electron chi connectivity index (χ4n) is 1.09. The molecule has 0 saturated carbocycles. The number of carbonyl (C=O) groups is 3. The maximum Gasteiger partial charge on any atom is 0.315 e. The van der Waals surface area contributed by atoms with Gasteiger partial charge in [-0.25, -0.2) is 4.79 Å². The molecule has 0 aliphatic carbocycles. The molecule has 0 spiro atoms. The van der Waals surface area contributed by atoms with Crippen molar-refractivity contribution in [3.8, 4) is 0 Å². The van der Waals surface area contributed by atoms with Gasteiger partial charge in [0.25, 0.3) is 0 Å². The van der Waals surface area contributed by atoms with Crippen LogP contribution in [0.5, 0.6) is 0 Å². The Morgan fingerprint density at radius 1 is 1.21 bits per heavy atom. The van der Waals surface area contributed by atoms with Crippen molar-refractivity contribution in [2.24, 2.45) is 5.41 Å². The van der Waals surface area contributed by atoms with E-state index < -0.39 is 23.5 Å². The van der Waals surface area contributed by atoms with Crippen molar-refractivity contribution < 1.29 is 19.5 Å². The smallest absolute Gasteiger partial charge is 0.315 e. The van der Waals surface area contributed by atoms with Crippen molar-refractivity contribution in [1.29, 1.82) is 0 Å². The monoisotopic (exact) mass is 273 g/mol. The van der Waals surface area contributed by atoms with E-state index >= 15 is 0 Å². The quantitative estimate of drug-likeness (QED) is 0.535. The van der Waals surface area contributed by atoms with Crippen LogP contribution in [0.2, 0.25) is 0 Å². The summed E-state index contributed by atoms with van der Waals surface area (Å²) in [6, 6.07) is -1.23. The van der Waals surface area contributed by atoms with Crippen LogP contribution < -0.4 is 16.0 Å². The normalized spacial score (nSPS) is 12.4. The van der Waals surface area contributed by atoms with E-state index in [4.69, 9.17) is 5.11 Å². The van der Waals surface area contributed by atoms with Crippen molar-refractivity contribution in [3.05, 3.63) is 0 Å². The average Bonchev–Trinajstić information content (AvgIpc) is 2.33. The Morgan fingerprint density at radius 3 is 2.26 bits per heavy atom. The van der Waals surface area contributed by atoms with E-state index in [9.17, 15) is 14.4 Å². The molecular weight excluding hydrogens is 250 g/mol. The molecule has 0 bridgehead atoms. The van der Waals surface area contributed by atoms with Crippen molar-refractivity contribution in [1.82, 2.24) is 16.0 Å². The summed E-state index contributed by atoms with van der Waals surface area (Å²) in [7, 11) is 0.